The Balaban J connectivity index is 3.13. The maximum absolute atomic E-state index is 9.29. The summed E-state index contributed by atoms with van der Waals surface area (Å²) in [7, 11) is 0. The van der Waals surface area contributed by atoms with Gasteiger partial charge < -0.3 is 21.1 Å². The van der Waals surface area contributed by atoms with Gasteiger partial charge in [-0.2, -0.15) is 0 Å². The van der Waals surface area contributed by atoms with E-state index in [4.69, 9.17) is 10.8 Å². The van der Waals surface area contributed by atoms with Crippen LogP contribution in [0.3, 0.4) is 0 Å². The van der Waals surface area contributed by atoms with Crippen molar-refractivity contribution in [2.24, 2.45) is 5.73 Å². The number of phenols is 3. The molecule has 0 aliphatic rings. The summed E-state index contributed by atoms with van der Waals surface area (Å²) in [5, 5.41) is 27.5. The van der Waals surface area contributed by atoms with Gasteiger partial charge >= 0.3 is 0 Å². The van der Waals surface area contributed by atoms with Gasteiger partial charge in [-0.05, 0) is 0 Å². The van der Waals surface area contributed by atoms with E-state index in [1.54, 1.807) is 0 Å². The van der Waals surface area contributed by atoms with E-state index >= 15 is 0 Å². The largest absolute Gasteiger partial charge is 0.508 e. The molecular formula is C8H9NO3S. The Morgan fingerprint density at radius 1 is 1.23 bits per heavy atom. The quantitative estimate of drug-likeness (QED) is 0.525. The Bertz CT molecular complexity index is 328. The summed E-state index contributed by atoms with van der Waals surface area (Å²) in [5.41, 5.74) is 5.47. The SMILES string of the molecule is NC(=S)Cc1c(O)cc(O)cc1O. The number of thiocarbonyl (C=S) groups is 1. The van der Waals surface area contributed by atoms with E-state index in [2.05, 4.69) is 12.2 Å². The van der Waals surface area contributed by atoms with Gasteiger partial charge in [-0.15, -0.1) is 0 Å². The van der Waals surface area contributed by atoms with Crippen LogP contribution in [-0.4, -0.2) is 20.3 Å². The normalized spacial score (nSPS) is 9.85. The summed E-state index contributed by atoms with van der Waals surface area (Å²) >= 11 is 4.62. The minimum atomic E-state index is -0.217. The molecule has 1 aromatic rings. The molecule has 0 unspecified atom stereocenters. The Hall–Kier alpha value is -1.49. The first-order valence-electron chi connectivity index (χ1n) is 3.53. The molecule has 0 amide bonds. The zero-order valence-electron chi connectivity index (χ0n) is 6.69. The van der Waals surface area contributed by atoms with Crippen molar-refractivity contribution in [2.45, 2.75) is 6.42 Å². The van der Waals surface area contributed by atoms with Crippen LogP contribution in [0.4, 0.5) is 0 Å². The van der Waals surface area contributed by atoms with E-state index in [9.17, 15) is 10.2 Å². The second-order valence-electron chi connectivity index (χ2n) is 2.61. The molecule has 0 saturated heterocycles. The average Bonchev–Trinajstić information content (AvgIpc) is 1.96. The minimum absolute atomic E-state index is 0.104. The van der Waals surface area contributed by atoms with Crippen molar-refractivity contribution < 1.29 is 15.3 Å². The van der Waals surface area contributed by atoms with E-state index in [0.29, 0.717) is 0 Å². The van der Waals surface area contributed by atoms with Gasteiger partial charge in [0, 0.05) is 24.1 Å². The Morgan fingerprint density at radius 2 is 1.69 bits per heavy atom. The minimum Gasteiger partial charge on any atom is -0.508 e. The first-order valence-corrected chi connectivity index (χ1v) is 3.93. The van der Waals surface area contributed by atoms with Crippen LogP contribution in [0.25, 0.3) is 0 Å². The Labute approximate surface area is 80.2 Å². The van der Waals surface area contributed by atoms with Crippen molar-refractivity contribution in [3.05, 3.63) is 17.7 Å². The smallest absolute Gasteiger partial charge is 0.126 e. The van der Waals surface area contributed by atoms with E-state index < -0.39 is 0 Å². The monoisotopic (exact) mass is 199 g/mol. The van der Waals surface area contributed by atoms with Crippen molar-refractivity contribution in [1.29, 1.82) is 0 Å². The molecule has 0 saturated carbocycles. The van der Waals surface area contributed by atoms with Gasteiger partial charge in [-0.3, -0.25) is 0 Å². The van der Waals surface area contributed by atoms with Crippen LogP contribution in [0.5, 0.6) is 17.2 Å². The summed E-state index contributed by atoms with van der Waals surface area (Å²) in [4.78, 5) is 0.163. The topological polar surface area (TPSA) is 86.7 Å². The molecule has 13 heavy (non-hydrogen) atoms. The van der Waals surface area contributed by atoms with Gasteiger partial charge in [0.25, 0.3) is 0 Å². The number of nitrogens with two attached hydrogens (primary N) is 1. The molecule has 0 spiro atoms. The second-order valence-corrected chi connectivity index (χ2v) is 3.13. The third-order valence-corrected chi connectivity index (χ3v) is 1.68. The van der Waals surface area contributed by atoms with Gasteiger partial charge in [0.15, 0.2) is 0 Å². The highest BCUT2D eigenvalue weighted by molar-refractivity contribution is 7.80. The number of rotatable bonds is 2. The fraction of sp³-hybridized carbons (Fsp3) is 0.125. The lowest BCUT2D eigenvalue weighted by Crippen LogP contribution is -2.11. The van der Waals surface area contributed by atoms with Crippen molar-refractivity contribution in [3.8, 4) is 17.2 Å². The number of aromatic hydroxyl groups is 3. The molecule has 5 heteroatoms. The molecule has 0 aliphatic heterocycles. The van der Waals surface area contributed by atoms with Crippen molar-refractivity contribution >= 4 is 17.2 Å². The zero-order chi connectivity index (χ0) is 10.0. The van der Waals surface area contributed by atoms with Crippen LogP contribution in [0.1, 0.15) is 5.56 Å². The molecule has 4 nitrogen and oxygen atoms in total. The van der Waals surface area contributed by atoms with Crippen LogP contribution >= 0.6 is 12.2 Å². The second kappa shape index (κ2) is 3.49. The van der Waals surface area contributed by atoms with Gasteiger partial charge in [0.05, 0.1) is 4.99 Å². The number of hydrogen-bond donors (Lipinski definition) is 4. The molecule has 0 aliphatic carbocycles. The lowest BCUT2D eigenvalue weighted by atomic mass is 10.1. The first kappa shape index (κ1) is 9.60. The third kappa shape index (κ3) is 2.22. The summed E-state index contributed by atoms with van der Waals surface area (Å²) < 4.78 is 0. The molecule has 0 atom stereocenters. The Kier molecular flexibility index (Phi) is 2.57. The predicted molar refractivity (Wildman–Crippen MR) is 51.9 cm³/mol. The van der Waals surface area contributed by atoms with Crippen molar-refractivity contribution in [1.82, 2.24) is 0 Å². The van der Waals surface area contributed by atoms with Gasteiger partial charge in [-0.1, -0.05) is 12.2 Å². The van der Waals surface area contributed by atoms with Crippen LogP contribution in [0, 0.1) is 0 Å². The van der Waals surface area contributed by atoms with Gasteiger partial charge in [-0.25, -0.2) is 0 Å². The van der Waals surface area contributed by atoms with Crippen LogP contribution in [0.15, 0.2) is 12.1 Å². The lowest BCUT2D eigenvalue weighted by Gasteiger charge is -2.06. The molecule has 0 fully saturated rings. The molecule has 1 rings (SSSR count). The molecule has 0 radical (unpaired) electrons. The summed E-state index contributed by atoms with van der Waals surface area (Å²) in [6.45, 7) is 0. The van der Waals surface area contributed by atoms with Crippen LogP contribution < -0.4 is 5.73 Å². The molecule has 5 N–H and O–H groups in total. The van der Waals surface area contributed by atoms with E-state index in [1.165, 1.54) is 0 Å². The summed E-state index contributed by atoms with van der Waals surface area (Å²) in [6.07, 6.45) is 0.104. The number of phenolic OH excluding ortho intramolecular Hbond substituents is 3. The predicted octanol–water partition coefficient (Wildman–Crippen LogP) is 0.632. The van der Waals surface area contributed by atoms with Gasteiger partial charge in [0.2, 0.25) is 0 Å². The highest BCUT2D eigenvalue weighted by Crippen LogP contribution is 2.31. The lowest BCUT2D eigenvalue weighted by molar-refractivity contribution is 0.421. The highest BCUT2D eigenvalue weighted by Gasteiger charge is 2.09. The average molecular weight is 199 g/mol. The summed E-state index contributed by atoms with van der Waals surface area (Å²) in [6, 6.07) is 2.24. The molecule has 1 aromatic carbocycles. The van der Waals surface area contributed by atoms with Crippen molar-refractivity contribution in [3.63, 3.8) is 0 Å². The number of benzene rings is 1. The van der Waals surface area contributed by atoms with E-state index in [0.717, 1.165) is 12.1 Å². The Morgan fingerprint density at radius 3 is 2.08 bits per heavy atom. The van der Waals surface area contributed by atoms with Crippen molar-refractivity contribution in [2.75, 3.05) is 0 Å². The highest BCUT2D eigenvalue weighted by atomic mass is 32.1. The van der Waals surface area contributed by atoms with Gasteiger partial charge in [0.1, 0.15) is 17.2 Å². The van der Waals surface area contributed by atoms with Crippen LogP contribution in [0.2, 0.25) is 0 Å². The maximum Gasteiger partial charge on any atom is 0.126 e. The molecule has 70 valence electrons. The van der Waals surface area contributed by atoms with E-state index in [-0.39, 0.29) is 34.2 Å². The molecule has 0 aromatic heterocycles. The first-order chi connectivity index (χ1) is 6.00. The standard InChI is InChI=1S/C8H9NO3S/c9-8(13)3-5-6(11)1-4(10)2-7(5)12/h1-2,10-12H,3H2,(H2,9,13). The zero-order valence-corrected chi connectivity index (χ0v) is 7.51. The molecular weight excluding hydrogens is 190 g/mol. The van der Waals surface area contributed by atoms with Crippen LogP contribution in [-0.2, 0) is 6.42 Å². The number of hydrogen-bond acceptors (Lipinski definition) is 4. The summed E-state index contributed by atoms with van der Waals surface area (Å²) in [5.74, 6) is -0.641. The fourth-order valence-corrected chi connectivity index (χ4v) is 1.13. The van der Waals surface area contributed by atoms with E-state index in [1.807, 2.05) is 0 Å². The third-order valence-electron chi connectivity index (χ3n) is 1.54. The molecule has 0 heterocycles. The molecule has 0 bridgehead atoms. The maximum atomic E-state index is 9.29. The fourth-order valence-electron chi connectivity index (χ4n) is 0.983.